The lowest BCUT2D eigenvalue weighted by atomic mass is 9.92. The molecule has 2 N–H and O–H groups in total. The summed E-state index contributed by atoms with van der Waals surface area (Å²) in [5.41, 5.74) is 23.1. The smallest absolute Gasteiger partial charge is 0.126 e. The highest BCUT2D eigenvalue weighted by atomic mass is 16.5. The quantitative estimate of drug-likeness (QED) is 0.104. The van der Waals surface area contributed by atoms with Crippen molar-refractivity contribution in [1.29, 1.82) is 0 Å². The van der Waals surface area contributed by atoms with Crippen molar-refractivity contribution in [2.24, 2.45) is 0 Å². The van der Waals surface area contributed by atoms with Crippen LogP contribution in [0.1, 0.15) is 151 Å². The molecule has 5 aromatic rings. The fourth-order valence-electron chi connectivity index (χ4n) is 9.43. The first-order valence-corrected chi connectivity index (χ1v) is 22.7. The van der Waals surface area contributed by atoms with E-state index in [9.17, 15) is 0 Å². The second-order valence-electron chi connectivity index (χ2n) is 16.8. The molecule has 2 aromatic carbocycles. The molecule has 0 fully saturated rings. The van der Waals surface area contributed by atoms with Crippen LogP contribution in [0.15, 0.2) is 60.7 Å². The Balaban J connectivity index is 1.78. The molecule has 2 aliphatic rings. The van der Waals surface area contributed by atoms with Crippen molar-refractivity contribution in [3.05, 3.63) is 106 Å². The SMILES string of the molecule is CCCCC1=C(C)c2nc1cc1[nH]c(c(C)c1CCCC)c(-c1ccccc1OC)c1[nH]c(cc3nc(c2-c2ccccc2OC)C(C)=C3CCCC)c(CCCC)c1C. The predicted molar refractivity (Wildman–Crippen MR) is 256 cm³/mol. The summed E-state index contributed by atoms with van der Waals surface area (Å²) in [7, 11) is 3.55. The number of aromatic nitrogens is 4. The topological polar surface area (TPSA) is 75.8 Å². The number of benzene rings is 2. The molecule has 5 heterocycles. The summed E-state index contributed by atoms with van der Waals surface area (Å²) >= 11 is 0. The van der Waals surface area contributed by atoms with Gasteiger partial charge < -0.3 is 19.4 Å². The van der Waals surface area contributed by atoms with Gasteiger partial charge in [-0.3, -0.25) is 0 Å². The largest absolute Gasteiger partial charge is 0.496 e. The molecule has 7 rings (SSSR count). The third-order valence-corrected chi connectivity index (χ3v) is 12.9. The van der Waals surface area contributed by atoms with Crippen LogP contribution in [-0.4, -0.2) is 34.2 Å². The molecular formula is C54H66N4O2. The number of fused-ring (bicyclic) bond motifs is 8. The zero-order chi connectivity index (χ0) is 42.5. The molecule has 0 aliphatic carbocycles. The number of hydrogen-bond donors (Lipinski definition) is 2. The van der Waals surface area contributed by atoms with Gasteiger partial charge in [-0.25, -0.2) is 9.97 Å². The Bertz CT molecular complexity index is 2490. The van der Waals surface area contributed by atoms with Crippen LogP contribution in [0.2, 0.25) is 0 Å². The van der Waals surface area contributed by atoms with Gasteiger partial charge in [0, 0.05) is 33.3 Å². The summed E-state index contributed by atoms with van der Waals surface area (Å²) in [4.78, 5) is 19.6. The van der Waals surface area contributed by atoms with Gasteiger partial charge in [-0.15, -0.1) is 0 Å². The van der Waals surface area contributed by atoms with Gasteiger partial charge in [-0.05, 0) is 148 Å². The van der Waals surface area contributed by atoms with Gasteiger partial charge >= 0.3 is 0 Å². The van der Waals surface area contributed by atoms with E-state index >= 15 is 0 Å². The highest BCUT2D eigenvalue weighted by Crippen LogP contribution is 2.47. The van der Waals surface area contributed by atoms with Gasteiger partial charge in [0.15, 0.2) is 0 Å². The maximum atomic E-state index is 6.14. The van der Waals surface area contributed by atoms with Gasteiger partial charge in [-0.2, -0.15) is 0 Å². The molecule has 0 saturated heterocycles. The van der Waals surface area contributed by atoms with Crippen LogP contribution in [0.3, 0.4) is 0 Å². The highest BCUT2D eigenvalue weighted by Gasteiger charge is 2.29. The Morgan fingerprint density at radius 3 is 1.28 bits per heavy atom. The first-order valence-electron chi connectivity index (χ1n) is 22.7. The minimum atomic E-state index is 0.824. The summed E-state index contributed by atoms with van der Waals surface area (Å²) in [6, 6.07) is 21.6. The summed E-state index contributed by atoms with van der Waals surface area (Å²) in [6.07, 6.45) is 12.7. The standard InChI is InChI=1S/C54H66N4O2/c1-11-15-23-37-33(5)51-49(41-27-19-21-29-47(41)59-9)52-35(7)39(25-17-13-3)45(57-52)32-46-40(26-18-14-4)36(8)54(58-46)50(42-28-20-22-30-48(42)60-10)53-34(6)38(24-16-12-2)44(56-53)31-43(37)55-51/h19-22,27-32,55,57H,11-18,23-26H2,1-10H3. The van der Waals surface area contributed by atoms with Crippen LogP contribution < -0.4 is 9.47 Å². The maximum absolute atomic E-state index is 6.14. The van der Waals surface area contributed by atoms with Crippen LogP contribution >= 0.6 is 0 Å². The Hall–Kier alpha value is -5.36. The van der Waals surface area contributed by atoms with Gasteiger partial charge in [0.05, 0.1) is 48.0 Å². The minimum Gasteiger partial charge on any atom is -0.496 e. The maximum Gasteiger partial charge on any atom is 0.126 e. The molecule has 6 nitrogen and oxygen atoms in total. The number of ether oxygens (including phenoxy) is 2. The number of nitrogens with zero attached hydrogens (tertiary/aromatic N) is 2. The number of allylic oxidation sites excluding steroid dienone is 4. The molecule has 0 atom stereocenters. The molecule has 0 spiro atoms. The first-order chi connectivity index (χ1) is 29.2. The number of H-pyrrole nitrogens is 2. The van der Waals surface area contributed by atoms with E-state index in [1.165, 1.54) is 44.5 Å². The first kappa shape index (κ1) is 42.8. The molecule has 3 aromatic heterocycles. The van der Waals surface area contributed by atoms with E-state index in [4.69, 9.17) is 19.4 Å². The zero-order valence-electron chi connectivity index (χ0n) is 38.0. The number of aryl methyl sites for hydroxylation is 4. The fourth-order valence-corrected chi connectivity index (χ4v) is 9.43. The molecule has 314 valence electrons. The Kier molecular flexibility index (Phi) is 13.5. The van der Waals surface area contributed by atoms with Gasteiger partial charge in [-0.1, -0.05) is 89.8 Å². The third kappa shape index (κ3) is 7.98. The number of nitrogens with one attached hydrogen (secondary N) is 2. The lowest BCUT2D eigenvalue weighted by Crippen LogP contribution is -1.96. The number of rotatable bonds is 16. The van der Waals surface area contributed by atoms with Crippen molar-refractivity contribution in [3.8, 4) is 33.8 Å². The van der Waals surface area contributed by atoms with E-state index in [0.717, 1.165) is 156 Å². The molecule has 60 heavy (non-hydrogen) atoms. The normalized spacial score (nSPS) is 12.8. The molecule has 0 amide bonds. The predicted octanol–water partition coefficient (Wildman–Crippen LogP) is 15.2. The lowest BCUT2D eigenvalue weighted by molar-refractivity contribution is 0.416. The van der Waals surface area contributed by atoms with Gasteiger partial charge in [0.2, 0.25) is 0 Å². The van der Waals surface area contributed by atoms with Crippen molar-refractivity contribution in [1.82, 2.24) is 19.9 Å². The van der Waals surface area contributed by atoms with Crippen LogP contribution in [0, 0.1) is 13.8 Å². The number of hydrogen-bond acceptors (Lipinski definition) is 4. The van der Waals surface area contributed by atoms with Gasteiger partial charge in [0.25, 0.3) is 0 Å². The summed E-state index contributed by atoms with van der Waals surface area (Å²) in [6.45, 7) is 18.3. The molecule has 0 saturated carbocycles. The monoisotopic (exact) mass is 803 g/mol. The minimum absolute atomic E-state index is 0.824. The van der Waals surface area contributed by atoms with E-state index in [1.807, 2.05) is 0 Å². The Morgan fingerprint density at radius 2 is 0.883 bits per heavy atom. The second-order valence-corrected chi connectivity index (χ2v) is 16.8. The number of methoxy groups -OCH3 is 2. The van der Waals surface area contributed by atoms with Crippen LogP contribution in [0.25, 0.3) is 66.6 Å². The van der Waals surface area contributed by atoms with E-state index < -0.39 is 0 Å². The number of para-hydroxylation sites is 2. The van der Waals surface area contributed by atoms with Crippen molar-refractivity contribution in [2.75, 3.05) is 14.2 Å². The molecule has 6 heteroatoms. The van der Waals surface area contributed by atoms with Crippen molar-refractivity contribution >= 4 is 44.4 Å². The fraction of sp³-hybridized carbons (Fsp3) is 0.407. The molecule has 8 bridgehead atoms. The second kappa shape index (κ2) is 18.9. The Labute approximate surface area is 358 Å². The van der Waals surface area contributed by atoms with E-state index in [-0.39, 0.29) is 0 Å². The summed E-state index contributed by atoms with van der Waals surface area (Å²) in [5.74, 6) is 1.68. The van der Waals surface area contributed by atoms with Gasteiger partial charge in [0.1, 0.15) is 11.5 Å². The molecule has 0 radical (unpaired) electrons. The van der Waals surface area contributed by atoms with E-state index in [1.54, 1.807) is 14.2 Å². The van der Waals surface area contributed by atoms with Crippen LogP contribution in [0.4, 0.5) is 0 Å². The average molecular weight is 803 g/mol. The third-order valence-electron chi connectivity index (χ3n) is 12.9. The highest BCUT2D eigenvalue weighted by molar-refractivity contribution is 6.04. The van der Waals surface area contributed by atoms with Crippen molar-refractivity contribution in [3.63, 3.8) is 0 Å². The molecular weight excluding hydrogens is 737 g/mol. The molecule has 0 unspecified atom stereocenters. The summed E-state index contributed by atoms with van der Waals surface area (Å²) < 4.78 is 12.3. The molecule has 2 aliphatic heterocycles. The van der Waals surface area contributed by atoms with E-state index in [2.05, 4.69) is 126 Å². The number of unbranched alkanes of at least 4 members (excludes halogenated alkanes) is 4. The van der Waals surface area contributed by atoms with E-state index in [0.29, 0.717) is 0 Å². The summed E-state index contributed by atoms with van der Waals surface area (Å²) in [5, 5.41) is 0. The van der Waals surface area contributed by atoms with Crippen molar-refractivity contribution in [2.45, 2.75) is 132 Å². The van der Waals surface area contributed by atoms with Crippen molar-refractivity contribution < 1.29 is 9.47 Å². The lowest BCUT2D eigenvalue weighted by Gasteiger charge is -2.13. The number of aromatic amines is 2. The van der Waals surface area contributed by atoms with Crippen LogP contribution in [0.5, 0.6) is 11.5 Å². The van der Waals surface area contributed by atoms with Crippen LogP contribution in [-0.2, 0) is 12.8 Å². The Morgan fingerprint density at radius 1 is 0.500 bits per heavy atom. The zero-order valence-corrected chi connectivity index (χ0v) is 38.0. The average Bonchev–Trinajstić information content (AvgIpc) is 3.94.